The predicted octanol–water partition coefficient (Wildman–Crippen LogP) is -1.97. The van der Waals surface area contributed by atoms with Crippen LogP contribution >= 0.6 is 0 Å². The molecule has 0 spiro atoms. The maximum absolute atomic E-state index is 15.6. The number of pyridine rings is 2. The number of ketones is 1. The number of fused-ring (bicyclic) bond motifs is 5. The molecule has 0 bridgehead atoms. The van der Waals surface area contributed by atoms with Gasteiger partial charge in [0.25, 0.3) is 17.4 Å². The standard InChI is InChI=1S/C78H99FN16O21/c1-16-78(114)52-29-56-73-50(32-94(56)76(112)51(52)42-116-77(78)113)72-54(23-22-49-44(3)53(79)30-55(82-73)71(49)72)83-75(111)46(5)81-74(110)45(4)80-58(97)24-20-47-19-21-48(95-60(99)25-26-61(95)100)28-57(47)115-27-17-18-59(98)85(7)33-63(102)87(9)35-65(104)89(11)37-67(106)91(13)39-69(108)93(15)41-70(109)92(14)40-68(107)90(12)38-66(105)88(10)36-64(103)86(8)34-62(101)84(6)31-43(2)96/h19,21,25-26,28-30,45-46,54,114H,16-18,20,22-24,27,31-42H2,1-15H3,(H,80,97)(H,81,110)(H,83,111)/t45-,46-,54-,78-/m0/s1. The number of esters is 1. The van der Waals surface area contributed by atoms with E-state index in [9.17, 15) is 91.4 Å². The molecule has 0 saturated carbocycles. The average Bonchev–Trinajstić information content (AvgIpc) is 1.52. The van der Waals surface area contributed by atoms with Gasteiger partial charge in [0.1, 0.15) is 36.0 Å². The normalized spacial score (nSPS) is 15.3. The van der Waals surface area contributed by atoms with Crippen LogP contribution in [0.15, 0.2) is 47.3 Å². The van der Waals surface area contributed by atoms with Crippen molar-refractivity contribution in [2.24, 2.45) is 0 Å². The SMILES string of the molecule is CC[C@@]1(O)C(=O)OCc2c1cc1n(c2=O)Cc2c-1nc1cc(F)c(C)c3c1c2[C@@H](NC(=O)[C@H](C)NC(=O)[C@H](C)NC(=O)CCc1ccc(N2C(=O)C=CC2=O)cc1OCCCC(=O)N(C)CC(=O)N(C)CC(=O)N(C)CC(=O)N(C)CC(=O)N(C)CC(=O)N(C)CC(=O)N(C)CC(=O)N(C)CC(=O)N(C)CC(=O)N(C)CC(C)=O)CC3. The Labute approximate surface area is 667 Å². The van der Waals surface area contributed by atoms with Gasteiger partial charge in [-0.15, -0.1) is 0 Å². The summed E-state index contributed by atoms with van der Waals surface area (Å²) < 4.78 is 28.4. The molecule has 0 saturated heterocycles. The van der Waals surface area contributed by atoms with Crippen molar-refractivity contribution in [2.75, 3.05) is 147 Å². The third-order valence-corrected chi connectivity index (χ3v) is 20.8. The number of amides is 15. The molecule has 116 heavy (non-hydrogen) atoms. The first kappa shape index (κ1) is 89.2. The van der Waals surface area contributed by atoms with Crippen LogP contribution in [-0.4, -0.2) is 319 Å². The van der Waals surface area contributed by atoms with Crippen LogP contribution in [0.3, 0.4) is 0 Å². The minimum absolute atomic E-state index is 0.000433. The van der Waals surface area contributed by atoms with E-state index in [2.05, 4.69) is 16.0 Å². The first-order chi connectivity index (χ1) is 54.5. The quantitative estimate of drug-likeness (QED) is 0.0194. The summed E-state index contributed by atoms with van der Waals surface area (Å²) in [6, 6.07) is 4.25. The monoisotopic (exact) mass is 1610 g/mol. The largest absolute Gasteiger partial charge is 0.493 e. The van der Waals surface area contributed by atoms with E-state index in [4.69, 9.17) is 14.5 Å². The molecule has 0 unspecified atom stereocenters. The van der Waals surface area contributed by atoms with Crippen molar-refractivity contribution < 1.29 is 100 Å². The van der Waals surface area contributed by atoms with Crippen LogP contribution in [0.25, 0.3) is 22.3 Å². The van der Waals surface area contributed by atoms with E-state index in [-0.39, 0.29) is 98.8 Å². The van der Waals surface area contributed by atoms with Crippen LogP contribution in [0.2, 0.25) is 0 Å². The fraction of sp³-hybridized carbons (Fsp3) is 0.500. The fourth-order valence-electron chi connectivity index (χ4n) is 13.4. The first-order valence-corrected chi connectivity index (χ1v) is 37.4. The van der Waals surface area contributed by atoms with Crippen molar-refractivity contribution in [3.8, 4) is 17.1 Å². The van der Waals surface area contributed by atoms with Crippen LogP contribution in [0.4, 0.5) is 10.1 Å². The highest BCUT2D eigenvalue weighted by atomic mass is 19.1. The lowest BCUT2D eigenvalue weighted by atomic mass is 9.81. The van der Waals surface area contributed by atoms with Crippen molar-refractivity contribution in [3.05, 3.63) is 97.6 Å². The number of cyclic esters (lactones) is 1. The average molecular weight is 1620 g/mol. The van der Waals surface area contributed by atoms with Crippen molar-refractivity contribution in [3.63, 3.8) is 0 Å². The number of halogens is 1. The first-order valence-electron chi connectivity index (χ1n) is 37.4. The van der Waals surface area contributed by atoms with Crippen molar-refractivity contribution >= 4 is 117 Å². The Morgan fingerprint density at radius 1 is 0.603 bits per heavy atom. The highest BCUT2D eigenvalue weighted by Crippen LogP contribution is 2.46. The van der Waals surface area contributed by atoms with E-state index in [1.165, 1.54) is 119 Å². The molecule has 624 valence electrons. The lowest BCUT2D eigenvalue weighted by Crippen LogP contribution is -2.52. The Bertz CT molecular complexity index is 4780. The summed E-state index contributed by atoms with van der Waals surface area (Å²) in [6.07, 6.45) is 2.49. The van der Waals surface area contributed by atoms with Gasteiger partial charge in [0, 0.05) is 124 Å². The number of rotatable bonds is 35. The zero-order chi connectivity index (χ0) is 86.0. The minimum atomic E-state index is -2.10. The number of likely N-dealkylation sites (N-methyl/N-ethyl adjacent to an activating group) is 10. The summed E-state index contributed by atoms with van der Waals surface area (Å²) in [7, 11) is 13.3. The Hall–Kier alpha value is -12.4. The fourth-order valence-corrected chi connectivity index (χ4v) is 13.4. The summed E-state index contributed by atoms with van der Waals surface area (Å²) in [5.74, 6) is -10.8. The molecule has 4 aliphatic rings. The van der Waals surface area contributed by atoms with Gasteiger partial charge >= 0.3 is 5.97 Å². The number of carbonyl (C=O) groups is 17. The van der Waals surface area contributed by atoms with Gasteiger partial charge < -0.3 is 84.1 Å². The molecule has 15 amide bonds. The van der Waals surface area contributed by atoms with Gasteiger partial charge in [-0.3, -0.25) is 81.5 Å². The number of hydrogen-bond acceptors (Lipinski definition) is 22. The van der Waals surface area contributed by atoms with Gasteiger partial charge in [-0.05, 0) is 94.2 Å². The van der Waals surface area contributed by atoms with E-state index in [1.807, 2.05) is 0 Å². The van der Waals surface area contributed by atoms with Gasteiger partial charge in [0.05, 0.1) is 113 Å². The predicted molar refractivity (Wildman–Crippen MR) is 412 cm³/mol. The number of nitrogens with zero attached hydrogens (tertiary/aromatic N) is 13. The number of aliphatic hydroxyl groups is 1. The molecule has 0 radical (unpaired) electrons. The highest BCUT2D eigenvalue weighted by Gasteiger charge is 2.46. The van der Waals surface area contributed by atoms with E-state index < -0.39 is 182 Å². The zero-order valence-electron chi connectivity index (χ0n) is 67.7. The van der Waals surface area contributed by atoms with Crippen LogP contribution in [0.1, 0.15) is 105 Å². The molecule has 38 heteroatoms. The van der Waals surface area contributed by atoms with Crippen LogP contribution in [-0.2, 0) is 118 Å². The number of benzene rings is 2. The van der Waals surface area contributed by atoms with Gasteiger partial charge in [-0.1, -0.05) is 13.0 Å². The van der Waals surface area contributed by atoms with Crippen molar-refractivity contribution in [1.82, 2.24) is 74.5 Å². The summed E-state index contributed by atoms with van der Waals surface area (Å²) in [5, 5.41) is 20.4. The molecular formula is C78H99FN16O21. The van der Waals surface area contributed by atoms with Crippen LogP contribution in [0, 0.1) is 12.7 Å². The number of ether oxygens (including phenoxy) is 2. The third kappa shape index (κ3) is 20.8. The Morgan fingerprint density at radius 2 is 1.06 bits per heavy atom. The molecule has 8 rings (SSSR count). The number of Topliss-reactive ketones (excluding diaryl/α,β-unsaturated/α-hetero) is 1. The lowest BCUT2D eigenvalue weighted by Gasteiger charge is -2.31. The smallest absolute Gasteiger partial charge is 0.343 e. The Morgan fingerprint density at radius 3 is 1.53 bits per heavy atom. The maximum Gasteiger partial charge on any atom is 0.343 e. The summed E-state index contributed by atoms with van der Waals surface area (Å²) in [6.45, 7) is 2.61. The van der Waals surface area contributed by atoms with Crippen molar-refractivity contribution in [1.29, 1.82) is 0 Å². The molecule has 3 aliphatic heterocycles. The minimum Gasteiger partial charge on any atom is -0.493 e. The van der Waals surface area contributed by atoms with E-state index >= 15 is 4.39 Å². The molecule has 1 aliphatic carbocycles. The second-order valence-electron chi connectivity index (χ2n) is 29.7. The molecule has 37 nitrogen and oxygen atoms in total. The highest BCUT2D eigenvalue weighted by molar-refractivity contribution is 6.28. The molecule has 4 aromatic rings. The summed E-state index contributed by atoms with van der Waals surface area (Å²) in [4.78, 5) is 252. The number of nitrogens with one attached hydrogen (secondary N) is 3. The van der Waals surface area contributed by atoms with Gasteiger partial charge in [-0.2, -0.15) is 0 Å². The van der Waals surface area contributed by atoms with E-state index in [1.54, 1.807) is 26.0 Å². The number of aromatic nitrogens is 2. The molecule has 5 heterocycles. The number of aryl methyl sites for hydroxylation is 2. The van der Waals surface area contributed by atoms with Gasteiger partial charge in [-0.25, -0.2) is 19.1 Å². The molecular weight excluding hydrogens is 1520 g/mol. The molecule has 2 aromatic carbocycles. The van der Waals surface area contributed by atoms with E-state index in [0.29, 0.717) is 57.4 Å². The number of imide groups is 1. The molecule has 4 N–H and O–H groups in total. The van der Waals surface area contributed by atoms with Gasteiger partial charge in [0.15, 0.2) is 5.60 Å². The number of hydrogen-bond donors (Lipinski definition) is 4. The molecule has 4 atom stereocenters. The maximum atomic E-state index is 15.6. The summed E-state index contributed by atoms with van der Waals surface area (Å²) >= 11 is 0. The number of carbonyl (C=O) groups excluding carboxylic acids is 17. The topological polar surface area (TPSA) is 436 Å². The summed E-state index contributed by atoms with van der Waals surface area (Å²) in [5.41, 5.74) is 1.30. The Balaban J connectivity index is 0.759. The Kier molecular flexibility index (Phi) is 29.0. The van der Waals surface area contributed by atoms with E-state index in [0.717, 1.165) is 61.2 Å². The van der Waals surface area contributed by atoms with Crippen LogP contribution < -0.4 is 31.1 Å². The zero-order valence-corrected chi connectivity index (χ0v) is 67.7. The molecule has 2 aromatic heterocycles. The molecule has 0 fully saturated rings. The van der Waals surface area contributed by atoms with Gasteiger partial charge in [0.2, 0.25) is 76.8 Å². The van der Waals surface area contributed by atoms with Crippen molar-refractivity contribution in [2.45, 2.75) is 116 Å². The van der Waals surface area contributed by atoms with Crippen LogP contribution in [0.5, 0.6) is 5.75 Å². The number of anilines is 1. The second kappa shape index (κ2) is 37.7. The second-order valence-corrected chi connectivity index (χ2v) is 29.7. The lowest BCUT2D eigenvalue weighted by molar-refractivity contribution is -0.172. The third-order valence-electron chi connectivity index (χ3n) is 20.8.